The van der Waals surface area contributed by atoms with Crippen molar-refractivity contribution in [2.45, 2.75) is 109 Å². The molecule has 0 aliphatic heterocycles. The minimum absolute atomic E-state index is 0.313. The van der Waals surface area contributed by atoms with Crippen LogP contribution in [0.4, 0.5) is 11.4 Å². The first kappa shape index (κ1) is 58.6. The summed E-state index contributed by atoms with van der Waals surface area (Å²) in [7, 11) is 0. The Kier molecular flexibility index (Phi) is 34.4. The maximum atomic E-state index is 4.03. The van der Waals surface area contributed by atoms with Crippen molar-refractivity contribution in [3.05, 3.63) is 242 Å². The van der Waals surface area contributed by atoms with Crippen LogP contribution in [0.3, 0.4) is 0 Å². The summed E-state index contributed by atoms with van der Waals surface area (Å²) in [6.45, 7) is 37.0. The second kappa shape index (κ2) is 38.1. The standard InChI is InChI=1S/C56H64N2.C3H8.2C2H6/c1-10-18-25-45(9)49-38-42-56(43-39-49)58(54(23-13-4)28-19-11-2)55(24-14-5)29-20-26-47-31-34-52(35-32-47)50(33-30-46(15-6)16-7)27-21-44-57-53-40-36-51(37-41-53)48(17-8)22-12-3;1-3-2;2*1-2/h10,13-15,17-44,46,57H,4,6,8,11-12,16H2,1-3,5,7,9H3;3H2,1-2H3;2*1-2H3/b18-10-,24-14-,26-20+,28-19-,33-30-,44-21+,45-25+,48-22+,50-27+,54-23+,55-29+;;;. The molecule has 0 fully saturated rings. The van der Waals surface area contributed by atoms with Gasteiger partial charge in [-0.2, -0.15) is 0 Å². The Morgan fingerprint density at radius 1 is 0.631 bits per heavy atom. The second-order valence-electron chi connectivity index (χ2n) is 14.3. The normalized spacial score (nSPS) is 13.1. The minimum Gasteiger partial charge on any atom is -0.362 e. The number of rotatable bonds is 22. The van der Waals surface area contributed by atoms with Gasteiger partial charge in [-0.25, -0.2) is 0 Å². The Balaban J connectivity index is 0.00000553. The molecule has 0 saturated carbocycles. The van der Waals surface area contributed by atoms with Crippen LogP contribution in [0.15, 0.2) is 219 Å². The number of hydrogen-bond donors (Lipinski definition) is 1. The highest BCUT2D eigenvalue weighted by Gasteiger charge is 2.14. The molecule has 0 heterocycles. The van der Waals surface area contributed by atoms with E-state index in [1.807, 2.05) is 65.1 Å². The van der Waals surface area contributed by atoms with Crippen LogP contribution in [0.1, 0.15) is 131 Å². The van der Waals surface area contributed by atoms with E-state index in [4.69, 9.17) is 0 Å². The minimum atomic E-state index is 0.313. The van der Waals surface area contributed by atoms with Gasteiger partial charge in [-0.15, -0.1) is 6.58 Å². The van der Waals surface area contributed by atoms with Crippen molar-refractivity contribution in [3.8, 4) is 0 Å². The lowest BCUT2D eigenvalue weighted by Gasteiger charge is -2.27. The number of nitrogens with one attached hydrogen (secondary N) is 1. The van der Waals surface area contributed by atoms with E-state index in [-0.39, 0.29) is 0 Å². The zero-order chi connectivity index (χ0) is 48.7. The van der Waals surface area contributed by atoms with E-state index in [1.54, 1.807) is 0 Å². The van der Waals surface area contributed by atoms with Crippen LogP contribution in [-0.2, 0) is 0 Å². The molecule has 3 aromatic carbocycles. The fourth-order valence-electron chi connectivity index (χ4n) is 6.09. The number of nitrogens with zero attached hydrogens (tertiary/aromatic N) is 1. The van der Waals surface area contributed by atoms with E-state index >= 15 is 0 Å². The topological polar surface area (TPSA) is 15.3 Å². The van der Waals surface area contributed by atoms with Crippen LogP contribution in [0.25, 0.3) is 22.8 Å². The number of allylic oxidation sites excluding steroid dienone is 21. The molecule has 2 heteroatoms. The van der Waals surface area contributed by atoms with E-state index in [9.17, 15) is 0 Å². The summed E-state index contributed by atoms with van der Waals surface area (Å²) >= 11 is 0. The van der Waals surface area contributed by atoms with Crippen LogP contribution < -0.4 is 10.2 Å². The zero-order valence-corrected chi connectivity index (χ0v) is 42.4. The molecule has 1 atom stereocenters. The molecule has 65 heavy (non-hydrogen) atoms. The summed E-state index contributed by atoms with van der Waals surface area (Å²) in [4.78, 5) is 2.27. The molecule has 0 radical (unpaired) electrons. The molecular formula is C63H84N2. The van der Waals surface area contributed by atoms with E-state index < -0.39 is 0 Å². The lowest BCUT2D eigenvalue weighted by atomic mass is 9.99. The Hall–Kier alpha value is -6.38. The summed E-state index contributed by atoms with van der Waals surface area (Å²) in [6, 6.07) is 25.9. The van der Waals surface area contributed by atoms with Gasteiger partial charge in [0.1, 0.15) is 0 Å². The molecule has 3 rings (SSSR count). The second-order valence-corrected chi connectivity index (χ2v) is 14.3. The van der Waals surface area contributed by atoms with Gasteiger partial charge in [0.05, 0.1) is 0 Å². The lowest BCUT2D eigenvalue weighted by molar-refractivity contribution is 0.776. The first-order valence-corrected chi connectivity index (χ1v) is 24.0. The third kappa shape index (κ3) is 22.7. The summed E-state index contributed by atoms with van der Waals surface area (Å²) in [5, 5.41) is 3.41. The van der Waals surface area contributed by atoms with Gasteiger partial charge in [0, 0.05) is 29.0 Å². The monoisotopic (exact) mass is 869 g/mol. The maximum Gasteiger partial charge on any atom is 0.0462 e. The molecular weight excluding hydrogens is 785 g/mol. The Morgan fingerprint density at radius 3 is 1.77 bits per heavy atom. The molecule has 1 unspecified atom stereocenters. The summed E-state index contributed by atoms with van der Waals surface area (Å²) < 4.78 is 0. The molecule has 0 amide bonds. The fraction of sp³-hybridized carbons (Fsp3) is 0.270. The smallest absolute Gasteiger partial charge is 0.0462 e. The van der Waals surface area contributed by atoms with Gasteiger partial charge < -0.3 is 10.2 Å². The third-order valence-corrected chi connectivity index (χ3v) is 9.37. The predicted octanol–water partition coefficient (Wildman–Crippen LogP) is 19.9. The molecule has 346 valence electrons. The first-order valence-electron chi connectivity index (χ1n) is 24.0. The maximum absolute atomic E-state index is 4.03. The average molecular weight is 869 g/mol. The molecule has 0 spiro atoms. The fourth-order valence-corrected chi connectivity index (χ4v) is 6.09. The van der Waals surface area contributed by atoms with Crippen molar-refractivity contribution in [3.63, 3.8) is 0 Å². The summed E-state index contributed by atoms with van der Waals surface area (Å²) in [5.74, 6) is 0.313. The van der Waals surface area contributed by atoms with Gasteiger partial charge in [0.15, 0.2) is 0 Å². The van der Waals surface area contributed by atoms with Crippen LogP contribution in [-0.4, -0.2) is 0 Å². The Labute approximate surface area is 399 Å². The van der Waals surface area contributed by atoms with E-state index in [1.165, 1.54) is 23.1 Å². The number of hydrogen-bond acceptors (Lipinski definition) is 2. The highest BCUT2D eigenvalue weighted by molar-refractivity contribution is 5.77. The highest BCUT2D eigenvalue weighted by Crippen LogP contribution is 2.29. The molecule has 0 aromatic heterocycles. The molecule has 0 bridgehead atoms. The summed E-state index contributed by atoms with van der Waals surface area (Å²) in [5.41, 5.74) is 12.3. The molecule has 3 aromatic rings. The Morgan fingerprint density at radius 2 is 1.23 bits per heavy atom. The van der Waals surface area contributed by atoms with E-state index in [0.717, 1.165) is 64.3 Å². The largest absolute Gasteiger partial charge is 0.362 e. The van der Waals surface area contributed by atoms with Gasteiger partial charge in [0.2, 0.25) is 0 Å². The lowest BCUT2D eigenvalue weighted by Crippen LogP contribution is -2.20. The Bertz CT molecular complexity index is 2110. The number of benzene rings is 3. The van der Waals surface area contributed by atoms with Crippen molar-refractivity contribution in [1.29, 1.82) is 0 Å². The number of anilines is 2. The van der Waals surface area contributed by atoms with Gasteiger partial charge in [-0.1, -0.05) is 215 Å². The molecule has 0 aliphatic carbocycles. The molecule has 0 saturated heterocycles. The molecule has 0 aliphatic rings. The van der Waals surface area contributed by atoms with Crippen LogP contribution in [0, 0.1) is 5.92 Å². The van der Waals surface area contributed by atoms with Crippen molar-refractivity contribution in [1.82, 2.24) is 0 Å². The van der Waals surface area contributed by atoms with Crippen molar-refractivity contribution < 1.29 is 0 Å². The van der Waals surface area contributed by atoms with Crippen LogP contribution in [0.2, 0.25) is 0 Å². The predicted molar refractivity (Wildman–Crippen MR) is 301 cm³/mol. The third-order valence-electron chi connectivity index (χ3n) is 9.37. The van der Waals surface area contributed by atoms with Gasteiger partial charge in [0.25, 0.3) is 0 Å². The van der Waals surface area contributed by atoms with Gasteiger partial charge >= 0.3 is 0 Å². The summed E-state index contributed by atoms with van der Waals surface area (Å²) in [6.07, 6.45) is 46.1. The average Bonchev–Trinajstić information content (AvgIpc) is 3.34. The van der Waals surface area contributed by atoms with Gasteiger partial charge in [-0.05, 0) is 140 Å². The van der Waals surface area contributed by atoms with E-state index in [0.29, 0.717) is 5.92 Å². The highest BCUT2D eigenvalue weighted by atomic mass is 15.1. The molecule has 2 nitrogen and oxygen atoms in total. The van der Waals surface area contributed by atoms with Gasteiger partial charge in [-0.3, -0.25) is 0 Å². The van der Waals surface area contributed by atoms with Crippen LogP contribution in [0.5, 0.6) is 0 Å². The first-order chi connectivity index (χ1) is 31.8. The SMILES string of the molecule is C=C/C=C(\C=C/CC)N(C(/C=C\C)=C/C=C/c1ccc(C(/C=C\C(C=C)CC)=C/C=C/Nc2ccc(/C(C=C)=C/CC)cc2)cc1)c1ccc(/C(C)=C/C=C\C)cc1.CC.CC.CCC. The van der Waals surface area contributed by atoms with Crippen molar-refractivity contribution in [2.24, 2.45) is 5.92 Å². The van der Waals surface area contributed by atoms with Crippen molar-refractivity contribution >= 4 is 34.2 Å². The zero-order valence-electron chi connectivity index (χ0n) is 42.4. The van der Waals surface area contributed by atoms with E-state index in [2.05, 4.69) is 242 Å². The quantitative estimate of drug-likeness (QED) is 0.0799. The molecule has 1 N–H and O–H groups in total. The van der Waals surface area contributed by atoms with Crippen molar-refractivity contribution in [2.75, 3.05) is 10.2 Å². The van der Waals surface area contributed by atoms with Crippen LogP contribution >= 0.6 is 0 Å².